The molecular weight excluding hydrogens is 353 g/mol. The Kier molecular flexibility index (Phi) is 5.71. The van der Waals surface area contributed by atoms with Crippen LogP contribution in [0.3, 0.4) is 0 Å². The van der Waals surface area contributed by atoms with E-state index in [1.807, 2.05) is 49.4 Å². The summed E-state index contributed by atoms with van der Waals surface area (Å²) in [5, 5.41) is 20.6. The van der Waals surface area contributed by atoms with Gasteiger partial charge >= 0.3 is 15.2 Å². The monoisotopic (exact) mass is 372 g/mol. The standard InChI is InChI=1S/C20H19B2N2O2P/c1-4-7-10-14-19(16(6-3)24(22-26)20(14)27)18-13-11-8-9-12-17(13)23(21-25)15(18)5-2/h4-12,25-27H,2-3H2,1H3/b7-4-,14-10-. The third-order valence-corrected chi connectivity index (χ3v) is 5.06. The van der Waals surface area contributed by atoms with Crippen LogP contribution in [-0.2, 0) is 0 Å². The summed E-state index contributed by atoms with van der Waals surface area (Å²) in [6.07, 6.45) is 9.23. The van der Waals surface area contributed by atoms with E-state index in [9.17, 15) is 10.0 Å². The van der Waals surface area contributed by atoms with E-state index >= 15 is 0 Å². The van der Waals surface area contributed by atoms with Gasteiger partial charge in [0.2, 0.25) is 0 Å². The number of aromatic nitrogens is 1. The number of rotatable bonds is 6. The van der Waals surface area contributed by atoms with Crippen molar-refractivity contribution in [2.75, 3.05) is 0 Å². The average Bonchev–Trinajstić information content (AvgIpc) is 3.16. The first-order chi connectivity index (χ1) is 13.1. The zero-order valence-electron chi connectivity index (χ0n) is 15.1. The zero-order valence-corrected chi connectivity index (χ0v) is 16.1. The molecule has 27 heavy (non-hydrogen) atoms. The molecule has 1 aromatic heterocycles. The maximum absolute atomic E-state index is 9.84. The third-order valence-electron chi connectivity index (χ3n) is 4.55. The fourth-order valence-corrected chi connectivity index (χ4v) is 3.82. The van der Waals surface area contributed by atoms with Gasteiger partial charge in [0.25, 0.3) is 0 Å². The molecule has 2 N–H and O–H groups in total. The first-order valence-electron chi connectivity index (χ1n) is 8.43. The summed E-state index contributed by atoms with van der Waals surface area (Å²) < 4.78 is 1.69. The molecule has 0 atom stereocenters. The summed E-state index contributed by atoms with van der Waals surface area (Å²) in [5.41, 5.74) is 5.69. The van der Waals surface area contributed by atoms with Gasteiger partial charge in [-0.05, 0) is 25.1 Å². The van der Waals surface area contributed by atoms with Crippen LogP contribution in [0, 0.1) is 0 Å². The second kappa shape index (κ2) is 8.01. The Morgan fingerprint density at radius 1 is 1.11 bits per heavy atom. The van der Waals surface area contributed by atoms with Crippen molar-refractivity contribution in [3.63, 3.8) is 0 Å². The van der Waals surface area contributed by atoms with Crippen molar-refractivity contribution in [3.8, 4) is 0 Å². The molecule has 4 nitrogen and oxygen atoms in total. The lowest BCUT2D eigenvalue weighted by atomic mass is 9.94. The predicted octanol–water partition coefficient (Wildman–Crippen LogP) is 3.17. The van der Waals surface area contributed by atoms with E-state index in [1.165, 1.54) is 0 Å². The molecule has 2 aromatic rings. The van der Waals surface area contributed by atoms with Crippen molar-refractivity contribution in [2.24, 2.45) is 0 Å². The van der Waals surface area contributed by atoms with Crippen LogP contribution in [0.2, 0.25) is 0 Å². The molecule has 1 aliphatic rings. The molecule has 0 fully saturated rings. The zero-order chi connectivity index (χ0) is 19.6. The molecule has 0 aliphatic carbocycles. The summed E-state index contributed by atoms with van der Waals surface area (Å²) in [4.78, 5) is 1.62. The lowest BCUT2D eigenvalue weighted by Gasteiger charge is -2.16. The first-order valence-corrected chi connectivity index (χ1v) is 8.93. The number of hydrogen-bond acceptors (Lipinski definition) is 2. The van der Waals surface area contributed by atoms with E-state index in [0.717, 1.165) is 54.2 Å². The van der Waals surface area contributed by atoms with Crippen LogP contribution >= 0.6 is 8.86 Å². The molecule has 0 saturated carbocycles. The number of nitrogens with zero attached hydrogens (tertiary/aromatic N) is 2. The molecule has 132 valence electrons. The predicted molar refractivity (Wildman–Crippen MR) is 119 cm³/mol. The fourth-order valence-electron chi connectivity index (χ4n) is 3.44. The lowest BCUT2D eigenvalue weighted by molar-refractivity contribution is 0.550. The molecule has 0 amide bonds. The van der Waals surface area contributed by atoms with Crippen LogP contribution in [0.25, 0.3) is 22.6 Å². The molecule has 0 spiro atoms. The number of para-hydroxylation sites is 1. The van der Waals surface area contributed by atoms with Crippen molar-refractivity contribution in [2.45, 2.75) is 6.92 Å². The van der Waals surface area contributed by atoms with E-state index in [0.29, 0.717) is 5.42 Å². The Labute approximate surface area is 162 Å². The SMILES string of the molecule is C=CC1=C(c2c(C=C)n([B]O)c3ccccc23)/C(=C/C=C\C)C(=P)N1[B]O. The Morgan fingerprint density at radius 2 is 1.85 bits per heavy atom. The lowest BCUT2D eigenvalue weighted by Crippen LogP contribution is -2.27. The number of benzene rings is 1. The Balaban J connectivity index is 2.47. The minimum absolute atomic E-state index is 0.695. The van der Waals surface area contributed by atoms with Crippen molar-refractivity contribution in [1.29, 1.82) is 0 Å². The van der Waals surface area contributed by atoms with Gasteiger partial charge in [-0.3, -0.25) is 0 Å². The molecule has 2 heterocycles. The van der Waals surface area contributed by atoms with E-state index < -0.39 is 0 Å². The quantitative estimate of drug-likeness (QED) is 0.605. The molecule has 0 saturated heterocycles. The largest absolute Gasteiger partial charge is 0.441 e. The van der Waals surface area contributed by atoms with Gasteiger partial charge in [0.15, 0.2) is 0 Å². The topological polar surface area (TPSA) is 48.6 Å². The highest BCUT2D eigenvalue weighted by atomic mass is 31.0. The van der Waals surface area contributed by atoms with Gasteiger partial charge in [0.1, 0.15) is 0 Å². The van der Waals surface area contributed by atoms with Gasteiger partial charge in [0.05, 0.1) is 5.42 Å². The summed E-state index contributed by atoms with van der Waals surface area (Å²) in [6, 6.07) is 7.80. The van der Waals surface area contributed by atoms with Crippen molar-refractivity contribution < 1.29 is 10.0 Å². The number of fused-ring (bicyclic) bond motifs is 1. The highest BCUT2D eigenvalue weighted by molar-refractivity contribution is 7.22. The summed E-state index contributed by atoms with van der Waals surface area (Å²) in [6.45, 7) is 9.81. The van der Waals surface area contributed by atoms with E-state index in [-0.39, 0.29) is 0 Å². The molecule has 1 aromatic carbocycles. The van der Waals surface area contributed by atoms with Crippen LogP contribution in [-0.4, -0.2) is 40.0 Å². The van der Waals surface area contributed by atoms with Gasteiger partial charge < -0.3 is 19.3 Å². The minimum Gasteiger partial charge on any atom is -0.435 e. The summed E-state index contributed by atoms with van der Waals surface area (Å²) in [5.74, 6) is 0. The van der Waals surface area contributed by atoms with Crippen LogP contribution in [0.1, 0.15) is 18.2 Å². The van der Waals surface area contributed by atoms with E-state index in [2.05, 4.69) is 22.0 Å². The van der Waals surface area contributed by atoms with Crippen LogP contribution in [0.15, 0.2) is 73.0 Å². The highest BCUT2D eigenvalue weighted by Crippen LogP contribution is 2.43. The molecule has 7 heteroatoms. The average molecular weight is 372 g/mol. The molecule has 3 rings (SSSR count). The normalized spacial score (nSPS) is 16.0. The van der Waals surface area contributed by atoms with Crippen molar-refractivity contribution in [1.82, 2.24) is 9.29 Å². The molecular formula is C20H19B2N2O2P. The van der Waals surface area contributed by atoms with Crippen LogP contribution in [0.4, 0.5) is 0 Å². The van der Waals surface area contributed by atoms with Crippen molar-refractivity contribution >= 4 is 52.1 Å². The molecule has 2 radical (unpaired) electrons. The van der Waals surface area contributed by atoms with Crippen LogP contribution in [0.5, 0.6) is 0 Å². The second-order valence-electron chi connectivity index (χ2n) is 5.87. The van der Waals surface area contributed by atoms with Gasteiger partial charge in [0, 0.05) is 39.0 Å². The number of hydrogen-bond donors (Lipinski definition) is 2. The van der Waals surface area contributed by atoms with E-state index in [4.69, 9.17) is 0 Å². The van der Waals surface area contributed by atoms with Crippen LogP contribution < -0.4 is 0 Å². The number of allylic oxidation sites excluding steroid dienone is 4. The first kappa shape index (κ1) is 19.2. The van der Waals surface area contributed by atoms with Gasteiger partial charge in [-0.15, -0.1) is 0 Å². The second-order valence-corrected chi connectivity index (χ2v) is 6.35. The summed E-state index contributed by atoms with van der Waals surface area (Å²) >= 11 is 0. The van der Waals surface area contributed by atoms with Gasteiger partial charge in [-0.2, -0.15) is 0 Å². The fraction of sp³-hybridized carbons (Fsp3) is 0.0500. The Hall–Kier alpha value is -2.52. The minimum atomic E-state index is 0.695. The molecule has 0 bridgehead atoms. The smallest absolute Gasteiger partial charge is 0.435 e. The molecule has 1 aliphatic heterocycles. The molecule has 0 unspecified atom stereocenters. The van der Waals surface area contributed by atoms with Crippen molar-refractivity contribution in [3.05, 3.63) is 84.3 Å². The maximum atomic E-state index is 9.84. The Bertz CT molecular complexity index is 1030. The van der Waals surface area contributed by atoms with E-state index in [1.54, 1.807) is 21.4 Å². The maximum Gasteiger partial charge on any atom is 0.441 e. The third kappa shape index (κ3) is 2.96. The summed E-state index contributed by atoms with van der Waals surface area (Å²) in [7, 11) is 5.68. The van der Waals surface area contributed by atoms with Gasteiger partial charge in [-0.25, -0.2) is 0 Å². The van der Waals surface area contributed by atoms with Gasteiger partial charge in [-0.1, -0.05) is 58.4 Å². The highest BCUT2D eigenvalue weighted by Gasteiger charge is 2.33. The Morgan fingerprint density at radius 3 is 2.44 bits per heavy atom.